The number of thiocarbonyl (C=S) groups is 1. The van der Waals surface area contributed by atoms with Gasteiger partial charge in [0.1, 0.15) is 11.7 Å². The molecule has 0 aliphatic carbocycles. The Morgan fingerprint density at radius 3 is 2.47 bits per heavy atom. The van der Waals surface area contributed by atoms with E-state index in [1.165, 1.54) is 0 Å². The molecule has 2 bridgehead atoms. The third kappa shape index (κ3) is 3.77. The molecule has 0 spiro atoms. The lowest BCUT2D eigenvalue weighted by atomic mass is 9.78. The van der Waals surface area contributed by atoms with E-state index in [0.717, 1.165) is 43.9 Å². The van der Waals surface area contributed by atoms with Crippen LogP contribution >= 0.6 is 28.1 Å². The average Bonchev–Trinajstić information content (AvgIpc) is 2.77. The van der Waals surface area contributed by atoms with Gasteiger partial charge in [0.25, 0.3) is 0 Å². The van der Waals surface area contributed by atoms with Crippen molar-refractivity contribution in [2.75, 3.05) is 10.2 Å². The van der Waals surface area contributed by atoms with Crippen LogP contribution in [0.4, 0.5) is 11.4 Å². The molecule has 174 valence electrons. The first-order valence-electron chi connectivity index (χ1n) is 11.2. The first kappa shape index (κ1) is 22.9. The van der Waals surface area contributed by atoms with E-state index in [-0.39, 0.29) is 11.9 Å². The first-order valence-corrected chi connectivity index (χ1v) is 12.4. The van der Waals surface area contributed by atoms with Gasteiger partial charge in [-0.15, -0.1) is 0 Å². The van der Waals surface area contributed by atoms with Crippen molar-refractivity contribution in [3.05, 3.63) is 87.4 Å². The zero-order valence-electron chi connectivity index (χ0n) is 19.5. The summed E-state index contributed by atoms with van der Waals surface area (Å²) in [4.78, 5) is 15.9. The number of carbonyl (C=O) groups excluding carboxylic acids is 1. The molecule has 2 heterocycles. The number of fused-ring (bicyclic) bond motifs is 4. The molecular weight excluding hydrogens is 510 g/mol. The second-order valence-electron chi connectivity index (χ2n) is 9.22. The highest BCUT2D eigenvalue weighted by molar-refractivity contribution is 9.10. The van der Waals surface area contributed by atoms with Crippen molar-refractivity contribution in [3.63, 3.8) is 0 Å². The summed E-state index contributed by atoms with van der Waals surface area (Å²) in [7, 11) is 0. The minimum atomic E-state index is -1.04. The molecule has 1 fully saturated rings. The molecule has 0 aromatic heterocycles. The Kier molecular flexibility index (Phi) is 5.65. The number of carbonyl (C=O) groups is 1. The van der Waals surface area contributed by atoms with Crippen molar-refractivity contribution in [1.29, 1.82) is 0 Å². The predicted molar refractivity (Wildman–Crippen MR) is 143 cm³/mol. The number of rotatable bonds is 3. The normalized spacial score (nSPS) is 23.0. The molecule has 3 atom stereocenters. The number of anilines is 2. The number of nitrogens with one attached hydrogen (secondary N) is 2. The van der Waals surface area contributed by atoms with E-state index >= 15 is 0 Å². The van der Waals surface area contributed by atoms with Crippen LogP contribution in [0.2, 0.25) is 0 Å². The summed E-state index contributed by atoms with van der Waals surface area (Å²) in [5.41, 5.74) is 4.84. The Labute approximate surface area is 213 Å². The van der Waals surface area contributed by atoms with Gasteiger partial charge >= 0.3 is 0 Å². The Morgan fingerprint density at radius 1 is 1.06 bits per heavy atom. The quantitative estimate of drug-likeness (QED) is 0.392. The zero-order valence-corrected chi connectivity index (χ0v) is 21.9. The highest BCUT2D eigenvalue weighted by Crippen LogP contribution is 2.50. The van der Waals surface area contributed by atoms with Crippen molar-refractivity contribution in [2.45, 2.75) is 39.5 Å². The Hall–Kier alpha value is -2.90. The lowest BCUT2D eigenvalue weighted by molar-refractivity contribution is -0.130. The highest BCUT2D eigenvalue weighted by Gasteiger charge is 2.59. The predicted octanol–water partition coefficient (Wildman–Crippen LogP) is 6.17. The fraction of sp³-hybridized carbons (Fsp3) is 0.259. The van der Waals surface area contributed by atoms with Crippen LogP contribution in [0.5, 0.6) is 5.75 Å². The van der Waals surface area contributed by atoms with Gasteiger partial charge in [-0.1, -0.05) is 51.3 Å². The van der Waals surface area contributed by atoms with Crippen LogP contribution in [0.3, 0.4) is 0 Å². The summed E-state index contributed by atoms with van der Waals surface area (Å²) in [6.07, 6.45) is 0. The third-order valence-electron chi connectivity index (χ3n) is 6.67. The summed E-state index contributed by atoms with van der Waals surface area (Å²) in [5.74, 6) is 0.0265. The molecule has 0 radical (unpaired) electrons. The largest absolute Gasteiger partial charge is 0.467 e. The van der Waals surface area contributed by atoms with Crippen LogP contribution in [0.25, 0.3) is 0 Å². The Bertz CT molecular complexity index is 1310. The summed E-state index contributed by atoms with van der Waals surface area (Å²) in [6, 6.07) is 19.6. The van der Waals surface area contributed by atoms with E-state index < -0.39 is 11.6 Å². The molecule has 1 amide bonds. The summed E-state index contributed by atoms with van der Waals surface area (Å²) >= 11 is 9.39. The second-order valence-corrected chi connectivity index (χ2v) is 10.5. The van der Waals surface area contributed by atoms with Gasteiger partial charge in [-0.3, -0.25) is 9.69 Å². The molecule has 0 unspecified atom stereocenters. The van der Waals surface area contributed by atoms with Gasteiger partial charge < -0.3 is 15.4 Å². The number of ether oxygens (including phenoxy) is 1. The molecule has 1 saturated heterocycles. The molecule has 2 aliphatic rings. The van der Waals surface area contributed by atoms with Gasteiger partial charge in [0.05, 0.1) is 6.04 Å². The van der Waals surface area contributed by atoms with Crippen molar-refractivity contribution >= 4 is 50.5 Å². The molecule has 2 aliphatic heterocycles. The Morgan fingerprint density at radius 2 is 1.76 bits per heavy atom. The number of halogens is 1. The topological polar surface area (TPSA) is 53.6 Å². The van der Waals surface area contributed by atoms with E-state index in [9.17, 15) is 4.79 Å². The maximum atomic E-state index is 13.9. The van der Waals surface area contributed by atoms with Gasteiger partial charge in [-0.2, -0.15) is 0 Å². The van der Waals surface area contributed by atoms with Gasteiger partial charge in [-0.05, 0) is 81.9 Å². The molecule has 5 rings (SSSR count). The lowest BCUT2D eigenvalue weighted by Gasteiger charge is -2.56. The van der Waals surface area contributed by atoms with Crippen LogP contribution in [-0.2, 0) is 4.79 Å². The van der Waals surface area contributed by atoms with Crippen molar-refractivity contribution in [3.8, 4) is 5.75 Å². The SMILES string of the molecule is Cc1ccc(N2C(=S)N[C@H]3c4cc(Br)ccc4O[C@@]2(C)[C@@H]3C(=O)Nc2ccc(C)cc2C)cc1. The maximum Gasteiger partial charge on any atom is 0.236 e. The van der Waals surface area contributed by atoms with E-state index in [1.54, 1.807) is 0 Å². The number of hydrogen-bond acceptors (Lipinski definition) is 3. The third-order valence-corrected chi connectivity index (χ3v) is 7.47. The van der Waals surface area contributed by atoms with Gasteiger partial charge in [0, 0.05) is 21.4 Å². The fourth-order valence-corrected chi connectivity index (χ4v) is 5.79. The average molecular weight is 536 g/mol. The Balaban J connectivity index is 1.63. The second kappa shape index (κ2) is 8.40. The standard InChI is InChI=1S/C27H26BrN3O2S/c1-15-5-9-19(10-6-15)31-26(34)30-24-20-14-18(28)8-12-22(20)33-27(31,4)23(24)25(32)29-21-11-7-16(2)13-17(21)3/h5-14,23-24H,1-4H3,(H,29,32)(H,30,34)/t23-,24-,27-/m0/s1. The smallest absolute Gasteiger partial charge is 0.236 e. The number of hydrogen-bond donors (Lipinski definition) is 2. The van der Waals surface area contributed by atoms with Gasteiger partial charge in [-0.25, -0.2) is 0 Å². The monoisotopic (exact) mass is 535 g/mol. The summed E-state index contributed by atoms with van der Waals surface area (Å²) in [6.45, 7) is 8.03. The van der Waals surface area contributed by atoms with Gasteiger partial charge in [0.15, 0.2) is 10.8 Å². The maximum absolute atomic E-state index is 13.9. The molecule has 3 aromatic carbocycles. The highest BCUT2D eigenvalue weighted by atomic mass is 79.9. The molecular formula is C27H26BrN3O2S. The lowest BCUT2D eigenvalue weighted by Crippen LogP contribution is -2.72. The van der Waals surface area contributed by atoms with Crippen LogP contribution < -0.4 is 20.3 Å². The number of nitrogens with zero attached hydrogens (tertiary/aromatic N) is 1. The van der Waals surface area contributed by atoms with E-state index in [0.29, 0.717) is 5.11 Å². The van der Waals surface area contributed by atoms with E-state index in [4.69, 9.17) is 17.0 Å². The molecule has 3 aromatic rings. The number of benzene rings is 3. The van der Waals surface area contributed by atoms with Crippen molar-refractivity contribution in [2.24, 2.45) is 5.92 Å². The van der Waals surface area contributed by atoms with Crippen LogP contribution in [0, 0.1) is 26.7 Å². The van der Waals surface area contributed by atoms with Crippen LogP contribution in [0.15, 0.2) is 65.1 Å². The van der Waals surface area contributed by atoms with Crippen LogP contribution in [0.1, 0.15) is 35.2 Å². The molecule has 0 saturated carbocycles. The summed E-state index contributed by atoms with van der Waals surface area (Å²) in [5, 5.41) is 7.14. The van der Waals surface area contributed by atoms with E-state index in [1.807, 2.05) is 87.2 Å². The van der Waals surface area contributed by atoms with Crippen molar-refractivity contribution in [1.82, 2.24) is 5.32 Å². The molecule has 5 nitrogen and oxygen atoms in total. The fourth-order valence-electron chi connectivity index (χ4n) is 5.00. The van der Waals surface area contributed by atoms with E-state index in [2.05, 4.69) is 32.6 Å². The van der Waals surface area contributed by atoms with Crippen molar-refractivity contribution < 1.29 is 9.53 Å². The molecule has 34 heavy (non-hydrogen) atoms. The minimum absolute atomic E-state index is 0.128. The number of amides is 1. The van der Waals surface area contributed by atoms with Gasteiger partial charge in [0.2, 0.25) is 5.91 Å². The molecule has 7 heteroatoms. The number of aryl methyl sites for hydroxylation is 3. The minimum Gasteiger partial charge on any atom is -0.467 e. The zero-order chi connectivity index (χ0) is 24.2. The summed E-state index contributed by atoms with van der Waals surface area (Å²) < 4.78 is 7.57. The molecule has 2 N–H and O–H groups in total. The first-order chi connectivity index (χ1) is 16.2. The van der Waals surface area contributed by atoms with Crippen LogP contribution in [-0.4, -0.2) is 16.7 Å².